The predicted octanol–water partition coefficient (Wildman–Crippen LogP) is 4.10. The molecule has 1 N–H and O–H groups in total. The van der Waals surface area contributed by atoms with Gasteiger partial charge in [-0.3, -0.25) is 14.6 Å². The topological polar surface area (TPSA) is 79.7 Å². The van der Waals surface area contributed by atoms with Gasteiger partial charge in [0.25, 0.3) is 11.7 Å². The van der Waals surface area contributed by atoms with Crippen molar-refractivity contribution in [3.63, 3.8) is 0 Å². The van der Waals surface area contributed by atoms with Gasteiger partial charge in [0.2, 0.25) is 0 Å². The van der Waals surface area contributed by atoms with Crippen LogP contribution < -0.4 is 4.74 Å². The lowest BCUT2D eigenvalue weighted by Gasteiger charge is -2.25. The molecule has 156 valence electrons. The zero-order chi connectivity index (χ0) is 21.8. The molecule has 1 amide bonds. The maximum atomic E-state index is 13.0. The van der Waals surface area contributed by atoms with Gasteiger partial charge >= 0.3 is 0 Å². The monoisotopic (exact) mass is 414 g/mol. The number of aromatic nitrogens is 1. The molecular formula is C25H22N2O4. The van der Waals surface area contributed by atoms with Crippen LogP contribution in [0.25, 0.3) is 5.76 Å². The normalized spacial score (nSPS) is 17.7. The lowest BCUT2D eigenvalue weighted by molar-refractivity contribution is -0.140. The van der Waals surface area contributed by atoms with E-state index < -0.39 is 17.7 Å². The van der Waals surface area contributed by atoms with Gasteiger partial charge in [-0.05, 0) is 48.4 Å². The standard InChI is InChI=1S/C25H22N2O4/c1-2-31-20-12-10-19(11-13-20)23(28)21-22(18-8-4-3-5-9-18)27(25(30)24(21)29)16-17-7-6-14-26-15-17/h3-15,22,28H,2,16H2,1H3. The molecule has 4 rings (SSSR count). The van der Waals surface area contributed by atoms with Gasteiger partial charge in [0.1, 0.15) is 11.5 Å². The van der Waals surface area contributed by atoms with E-state index in [9.17, 15) is 14.7 Å². The van der Waals surface area contributed by atoms with E-state index in [2.05, 4.69) is 4.98 Å². The van der Waals surface area contributed by atoms with Gasteiger partial charge in [-0.1, -0.05) is 36.4 Å². The van der Waals surface area contributed by atoms with E-state index in [0.29, 0.717) is 17.9 Å². The molecule has 1 unspecified atom stereocenters. The zero-order valence-corrected chi connectivity index (χ0v) is 17.1. The van der Waals surface area contributed by atoms with Crippen LogP contribution in [0.5, 0.6) is 5.75 Å². The van der Waals surface area contributed by atoms with Gasteiger partial charge in [-0.15, -0.1) is 0 Å². The molecule has 0 aliphatic carbocycles. The summed E-state index contributed by atoms with van der Waals surface area (Å²) < 4.78 is 5.45. The van der Waals surface area contributed by atoms with Crippen molar-refractivity contribution in [1.82, 2.24) is 9.88 Å². The molecule has 1 aliphatic rings. The number of ketones is 1. The van der Waals surface area contributed by atoms with Crippen LogP contribution in [-0.4, -0.2) is 33.3 Å². The Morgan fingerprint density at radius 3 is 2.42 bits per heavy atom. The zero-order valence-electron chi connectivity index (χ0n) is 17.1. The fourth-order valence-electron chi connectivity index (χ4n) is 3.74. The van der Waals surface area contributed by atoms with Crippen LogP contribution in [0.4, 0.5) is 0 Å². The Hall–Kier alpha value is -3.93. The van der Waals surface area contributed by atoms with Gasteiger partial charge in [0.15, 0.2) is 0 Å². The van der Waals surface area contributed by atoms with Crippen LogP contribution in [0.2, 0.25) is 0 Å². The van der Waals surface area contributed by atoms with Crippen LogP contribution in [-0.2, 0) is 16.1 Å². The third-order valence-corrected chi connectivity index (χ3v) is 5.17. The highest BCUT2D eigenvalue weighted by Gasteiger charge is 2.46. The summed E-state index contributed by atoms with van der Waals surface area (Å²) in [4.78, 5) is 31.6. The SMILES string of the molecule is CCOc1ccc(C(O)=C2C(=O)C(=O)N(Cc3cccnc3)C2c2ccccc2)cc1. The minimum absolute atomic E-state index is 0.0734. The van der Waals surface area contributed by atoms with Gasteiger partial charge in [0, 0.05) is 24.5 Å². The van der Waals surface area contributed by atoms with Crippen LogP contribution in [0, 0.1) is 0 Å². The number of aliphatic hydroxyl groups is 1. The lowest BCUT2D eigenvalue weighted by atomic mass is 9.95. The maximum Gasteiger partial charge on any atom is 0.295 e. The molecule has 0 saturated carbocycles. The number of carbonyl (C=O) groups excluding carboxylic acids is 2. The number of ether oxygens (including phenoxy) is 1. The number of amides is 1. The van der Waals surface area contributed by atoms with E-state index >= 15 is 0 Å². The van der Waals surface area contributed by atoms with Gasteiger partial charge in [0.05, 0.1) is 18.2 Å². The minimum atomic E-state index is -0.705. The summed E-state index contributed by atoms with van der Waals surface area (Å²) >= 11 is 0. The Morgan fingerprint density at radius 1 is 1.03 bits per heavy atom. The fourth-order valence-corrected chi connectivity index (χ4v) is 3.74. The van der Waals surface area contributed by atoms with Crippen molar-refractivity contribution < 1.29 is 19.4 Å². The van der Waals surface area contributed by atoms with Crippen molar-refractivity contribution in [2.45, 2.75) is 19.5 Å². The summed E-state index contributed by atoms with van der Waals surface area (Å²) in [6, 6.07) is 19.0. The van der Waals surface area contributed by atoms with Crippen LogP contribution in [0.3, 0.4) is 0 Å². The Balaban J connectivity index is 1.80. The Labute approximate surface area is 180 Å². The summed E-state index contributed by atoms with van der Waals surface area (Å²) in [5.41, 5.74) is 2.07. The molecule has 2 heterocycles. The number of aliphatic hydroxyl groups excluding tert-OH is 1. The van der Waals surface area contributed by atoms with E-state index in [1.165, 1.54) is 4.90 Å². The minimum Gasteiger partial charge on any atom is -0.507 e. The second kappa shape index (κ2) is 8.83. The first-order valence-electron chi connectivity index (χ1n) is 10.1. The summed E-state index contributed by atoms with van der Waals surface area (Å²) in [6.45, 7) is 2.62. The highest BCUT2D eigenvalue weighted by molar-refractivity contribution is 6.46. The smallest absolute Gasteiger partial charge is 0.295 e. The fraction of sp³-hybridized carbons (Fsp3) is 0.160. The van der Waals surface area contributed by atoms with E-state index in [4.69, 9.17) is 4.74 Å². The highest BCUT2D eigenvalue weighted by atomic mass is 16.5. The van der Waals surface area contributed by atoms with Crippen molar-refractivity contribution in [1.29, 1.82) is 0 Å². The van der Waals surface area contributed by atoms with Crippen LogP contribution in [0.1, 0.15) is 29.7 Å². The molecule has 0 radical (unpaired) electrons. The molecule has 6 nitrogen and oxygen atoms in total. The summed E-state index contributed by atoms with van der Waals surface area (Å²) in [6.07, 6.45) is 3.31. The first-order valence-corrected chi connectivity index (χ1v) is 10.1. The van der Waals surface area contributed by atoms with Gasteiger partial charge < -0.3 is 14.7 Å². The summed E-state index contributed by atoms with van der Waals surface area (Å²) in [7, 11) is 0. The largest absolute Gasteiger partial charge is 0.507 e. The molecule has 1 fully saturated rings. The number of benzene rings is 2. The first kappa shape index (κ1) is 20.3. The summed E-state index contributed by atoms with van der Waals surface area (Å²) in [5.74, 6) is -0.894. The second-order valence-electron chi connectivity index (χ2n) is 7.16. The molecule has 1 aliphatic heterocycles. The number of Topliss-reactive ketones (excluding diaryl/α,β-unsaturated/α-hetero) is 1. The third kappa shape index (κ3) is 4.05. The molecule has 1 atom stereocenters. The molecule has 2 aromatic carbocycles. The van der Waals surface area contributed by atoms with Crippen LogP contribution in [0.15, 0.2) is 84.7 Å². The average Bonchev–Trinajstić information content (AvgIpc) is 3.05. The molecule has 6 heteroatoms. The Bertz CT molecular complexity index is 1110. The predicted molar refractivity (Wildman–Crippen MR) is 116 cm³/mol. The average molecular weight is 414 g/mol. The lowest BCUT2D eigenvalue weighted by Crippen LogP contribution is -2.29. The van der Waals surface area contributed by atoms with Crippen molar-refractivity contribution in [3.05, 3.63) is 101 Å². The highest BCUT2D eigenvalue weighted by Crippen LogP contribution is 2.40. The number of likely N-dealkylation sites (tertiary alicyclic amines) is 1. The number of carbonyl (C=O) groups is 2. The number of nitrogens with zero attached hydrogens (tertiary/aromatic N) is 2. The van der Waals surface area contributed by atoms with E-state index in [-0.39, 0.29) is 17.9 Å². The molecule has 3 aromatic rings. The second-order valence-corrected chi connectivity index (χ2v) is 7.16. The molecular weight excluding hydrogens is 392 g/mol. The van der Waals surface area contributed by atoms with Crippen LogP contribution >= 0.6 is 0 Å². The Morgan fingerprint density at radius 2 is 1.77 bits per heavy atom. The third-order valence-electron chi connectivity index (χ3n) is 5.17. The van der Waals surface area contributed by atoms with Gasteiger partial charge in [-0.25, -0.2) is 0 Å². The number of rotatable bonds is 6. The first-order chi connectivity index (χ1) is 15.1. The molecule has 0 spiro atoms. The van der Waals surface area contributed by atoms with Crippen molar-refractivity contribution in [3.8, 4) is 5.75 Å². The Kier molecular flexibility index (Phi) is 5.80. The maximum absolute atomic E-state index is 13.0. The number of hydrogen-bond acceptors (Lipinski definition) is 5. The number of hydrogen-bond donors (Lipinski definition) is 1. The molecule has 0 bridgehead atoms. The quantitative estimate of drug-likeness (QED) is 0.373. The van der Waals surface area contributed by atoms with Crippen molar-refractivity contribution >= 4 is 17.4 Å². The molecule has 1 saturated heterocycles. The van der Waals surface area contributed by atoms with Crippen molar-refractivity contribution in [2.75, 3.05) is 6.61 Å². The van der Waals surface area contributed by atoms with E-state index in [1.807, 2.05) is 43.3 Å². The number of pyridine rings is 1. The van der Waals surface area contributed by atoms with Gasteiger partial charge in [-0.2, -0.15) is 0 Å². The van der Waals surface area contributed by atoms with E-state index in [0.717, 1.165) is 11.1 Å². The summed E-state index contributed by atoms with van der Waals surface area (Å²) in [5, 5.41) is 11.1. The van der Waals surface area contributed by atoms with Crippen molar-refractivity contribution in [2.24, 2.45) is 0 Å². The molecule has 31 heavy (non-hydrogen) atoms. The van der Waals surface area contributed by atoms with E-state index in [1.54, 1.807) is 42.7 Å². The molecule has 1 aromatic heterocycles.